The monoisotopic (exact) mass is 350 g/mol. The molecule has 0 aliphatic rings. The van der Waals surface area contributed by atoms with Crippen LogP contribution in [0.3, 0.4) is 0 Å². The van der Waals surface area contributed by atoms with E-state index in [1.807, 2.05) is 0 Å². The highest BCUT2D eigenvalue weighted by atomic mass is 79.9. The van der Waals surface area contributed by atoms with Crippen molar-refractivity contribution in [1.82, 2.24) is 0 Å². The number of aromatic carboxylic acids is 1. The minimum absolute atomic E-state index is 0.0925. The molecule has 7 heteroatoms. The topological polar surface area (TPSA) is 98.7 Å². The molecular formula is C14H11BrN2O4. The Morgan fingerprint density at radius 2 is 1.67 bits per heavy atom. The van der Waals surface area contributed by atoms with E-state index >= 15 is 0 Å². The van der Waals surface area contributed by atoms with Gasteiger partial charge in [0.05, 0.1) is 11.3 Å². The van der Waals surface area contributed by atoms with Gasteiger partial charge in [0.15, 0.2) is 0 Å². The van der Waals surface area contributed by atoms with Crippen molar-refractivity contribution in [2.75, 3.05) is 10.6 Å². The van der Waals surface area contributed by atoms with Gasteiger partial charge in [-0.15, -0.1) is 0 Å². The Morgan fingerprint density at radius 1 is 1.00 bits per heavy atom. The predicted octanol–water partition coefficient (Wildman–Crippen LogP) is 3.50. The van der Waals surface area contributed by atoms with Gasteiger partial charge in [0.2, 0.25) is 0 Å². The molecule has 0 saturated heterocycles. The van der Waals surface area contributed by atoms with Gasteiger partial charge in [0, 0.05) is 10.2 Å². The first-order valence-electron chi connectivity index (χ1n) is 5.85. The molecule has 2 amide bonds. The zero-order valence-electron chi connectivity index (χ0n) is 10.6. The van der Waals surface area contributed by atoms with Gasteiger partial charge in [-0.3, -0.25) is 0 Å². The van der Waals surface area contributed by atoms with Gasteiger partial charge in [-0.1, -0.05) is 15.9 Å². The molecule has 21 heavy (non-hydrogen) atoms. The van der Waals surface area contributed by atoms with Crippen LogP contribution in [0.1, 0.15) is 10.4 Å². The second-order valence-corrected chi connectivity index (χ2v) is 5.04. The molecule has 4 N–H and O–H groups in total. The van der Waals surface area contributed by atoms with E-state index in [1.165, 1.54) is 12.1 Å². The summed E-state index contributed by atoms with van der Waals surface area (Å²) in [6, 6.07) is 10.0. The smallest absolute Gasteiger partial charge is 0.337 e. The first-order chi connectivity index (χ1) is 9.95. The Bertz CT molecular complexity index is 686. The van der Waals surface area contributed by atoms with Crippen molar-refractivity contribution in [3.8, 4) is 5.75 Å². The number of rotatable bonds is 3. The number of carboxylic acid groups (broad SMARTS) is 1. The normalized spacial score (nSPS) is 9.95. The van der Waals surface area contributed by atoms with Crippen LogP contribution in [0.25, 0.3) is 0 Å². The molecule has 108 valence electrons. The molecule has 0 bridgehead atoms. The maximum Gasteiger partial charge on any atom is 0.337 e. The number of carboxylic acids is 1. The summed E-state index contributed by atoms with van der Waals surface area (Å²) in [5, 5.41) is 23.3. The summed E-state index contributed by atoms with van der Waals surface area (Å²) >= 11 is 3.28. The second kappa shape index (κ2) is 6.27. The molecule has 0 heterocycles. The molecule has 6 nitrogen and oxygen atoms in total. The van der Waals surface area contributed by atoms with Crippen molar-refractivity contribution in [3.63, 3.8) is 0 Å². The van der Waals surface area contributed by atoms with Crippen LogP contribution in [0, 0.1) is 0 Å². The Kier molecular flexibility index (Phi) is 4.44. The van der Waals surface area contributed by atoms with Crippen molar-refractivity contribution >= 4 is 39.3 Å². The zero-order valence-corrected chi connectivity index (χ0v) is 12.2. The third-order valence-electron chi connectivity index (χ3n) is 2.58. The number of benzene rings is 2. The van der Waals surface area contributed by atoms with E-state index < -0.39 is 12.0 Å². The molecule has 2 aromatic carbocycles. The van der Waals surface area contributed by atoms with Crippen molar-refractivity contribution in [1.29, 1.82) is 0 Å². The third kappa shape index (κ3) is 3.96. The number of carbonyl (C=O) groups is 2. The summed E-state index contributed by atoms with van der Waals surface area (Å²) in [5.41, 5.74) is 0.460. The fourth-order valence-corrected chi connectivity index (χ4v) is 1.90. The maximum absolute atomic E-state index is 11.8. The van der Waals surface area contributed by atoms with Crippen LogP contribution >= 0.6 is 15.9 Å². The number of nitrogens with one attached hydrogen (secondary N) is 2. The summed E-state index contributed by atoms with van der Waals surface area (Å²) in [6.45, 7) is 0. The molecule has 0 fully saturated rings. The number of urea groups is 1. The third-order valence-corrected chi connectivity index (χ3v) is 3.11. The number of halogens is 1. The summed E-state index contributed by atoms with van der Waals surface area (Å²) in [4.78, 5) is 22.9. The summed E-state index contributed by atoms with van der Waals surface area (Å²) in [5.74, 6) is -1.43. The van der Waals surface area contributed by atoms with Crippen molar-refractivity contribution < 1.29 is 19.8 Å². The Labute approximate surface area is 128 Å². The van der Waals surface area contributed by atoms with E-state index in [9.17, 15) is 14.7 Å². The number of amides is 2. The SMILES string of the molecule is O=C(Nc1ccc(Br)cc1)Nc1ccc(O)cc1C(=O)O. The average Bonchev–Trinajstić information content (AvgIpc) is 2.43. The molecule has 0 spiro atoms. The summed E-state index contributed by atoms with van der Waals surface area (Å²) < 4.78 is 0.875. The number of hydrogen-bond acceptors (Lipinski definition) is 3. The standard InChI is InChI=1S/C14H11BrN2O4/c15-8-1-3-9(4-2-8)16-14(21)17-12-6-5-10(18)7-11(12)13(19)20/h1-7,18H,(H,19,20)(H2,16,17,21). The number of phenolic OH excluding ortho intramolecular Hbond substituents is 1. The number of anilines is 2. The van der Waals surface area contributed by atoms with Gasteiger partial charge in [0.1, 0.15) is 5.75 Å². The lowest BCUT2D eigenvalue weighted by atomic mass is 10.1. The maximum atomic E-state index is 11.8. The van der Waals surface area contributed by atoms with Gasteiger partial charge >= 0.3 is 12.0 Å². The average molecular weight is 351 g/mol. The highest BCUT2D eigenvalue weighted by Crippen LogP contribution is 2.22. The van der Waals surface area contributed by atoms with Gasteiger partial charge in [0.25, 0.3) is 0 Å². The molecule has 2 rings (SSSR count). The predicted molar refractivity (Wildman–Crippen MR) is 81.8 cm³/mol. The van der Waals surface area contributed by atoms with Gasteiger partial charge in [-0.05, 0) is 42.5 Å². The van der Waals surface area contributed by atoms with Crippen LogP contribution in [0.4, 0.5) is 16.2 Å². The minimum Gasteiger partial charge on any atom is -0.508 e. The highest BCUT2D eigenvalue weighted by molar-refractivity contribution is 9.10. The van der Waals surface area contributed by atoms with E-state index in [2.05, 4.69) is 26.6 Å². The molecule has 0 unspecified atom stereocenters. The Morgan fingerprint density at radius 3 is 2.29 bits per heavy atom. The molecule has 0 radical (unpaired) electrons. The van der Waals surface area contributed by atoms with Crippen molar-refractivity contribution in [3.05, 3.63) is 52.5 Å². The highest BCUT2D eigenvalue weighted by Gasteiger charge is 2.13. The summed E-state index contributed by atoms with van der Waals surface area (Å²) in [7, 11) is 0. The fourth-order valence-electron chi connectivity index (χ4n) is 1.64. The number of hydrogen-bond donors (Lipinski definition) is 4. The summed E-state index contributed by atoms with van der Waals surface area (Å²) in [6.07, 6.45) is 0. The van der Waals surface area contributed by atoms with Gasteiger partial charge in [-0.25, -0.2) is 9.59 Å². The number of phenols is 1. The number of aromatic hydroxyl groups is 1. The van der Waals surface area contributed by atoms with E-state index in [0.717, 1.165) is 10.5 Å². The van der Waals surface area contributed by atoms with Crippen LogP contribution in [0.5, 0.6) is 5.75 Å². The van der Waals surface area contributed by atoms with Crippen LogP contribution in [0.15, 0.2) is 46.9 Å². The van der Waals surface area contributed by atoms with E-state index in [1.54, 1.807) is 24.3 Å². The fraction of sp³-hybridized carbons (Fsp3) is 0. The first kappa shape index (κ1) is 14.9. The molecule has 2 aromatic rings. The quantitative estimate of drug-likeness (QED) is 0.636. The Balaban J connectivity index is 2.12. The first-order valence-corrected chi connectivity index (χ1v) is 6.65. The lowest BCUT2D eigenvalue weighted by Crippen LogP contribution is -2.20. The molecular weight excluding hydrogens is 340 g/mol. The van der Waals surface area contributed by atoms with Crippen LogP contribution < -0.4 is 10.6 Å². The second-order valence-electron chi connectivity index (χ2n) is 4.12. The van der Waals surface area contributed by atoms with Crippen molar-refractivity contribution in [2.45, 2.75) is 0 Å². The van der Waals surface area contributed by atoms with E-state index in [4.69, 9.17) is 5.11 Å². The molecule has 0 saturated carbocycles. The molecule has 0 atom stereocenters. The lowest BCUT2D eigenvalue weighted by molar-refractivity contribution is 0.0697. The zero-order chi connectivity index (χ0) is 15.4. The van der Waals surface area contributed by atoms with Gasteiger partial charge < -0.3 is 20.8 Å². The van der Waals surface area contributed by atoms with E-state index in [-0.39, 0.29) is 17.0 Å². The van der Waals surface area contributed by atoms with Crippen LogP contribution in [0.2, 0.25) is 0 Å². The van der Waals surface area contributed by atoms with Crippen LogP contribution in [-0.2, 0) is 0 Å². The number of carbonyl (C=O) groups excluding carboxylic acids is 1. The van der Waals surface area contributed by atoms with Gasteiger partial charge in [-0.2, -0.15) is 0 Å². The van der Waals surface area contributed by atoms with Crippen LogP contribution in [-0.4, -0.2) is 22.2 Å². The minimum atomic E-state index is -1.25. The lowest BCUT2D eigenvalue weighted by Gasteiger charge is -2.10. The largest absolute Gasteiger partial charge is 0.508 e. The molecule has 0 aliphatic carbocycles. The van der Waals surface area contributed by atoms with Crippen molar-refractivity contribution in [2.24, 2.45) is 0 Å². The Hall–Kier alpha value is -2.54. The molecule has 0 aromatic heterocycles. The van der Waals surface area contributed by atoms with E-state index in [0.29, 0.717) is 5.69 Å². The molecule has 0 aliphatic heterocycles.